The number of nitrogens with zero attached hydrogens (tertiary/aromatic N) is 2. The molecule has 3 rings (SSSR count). The van der Waals surface area contributed by atoms with Crippen molar-refractivity contribution in [1.82, 2.24) is 9.88 Å². The van der Waals surface area contributed by atoms with E-state index in [2.05, 4.69) is 22.0 Å². The highest BCUT2D eigenvalue weighted by Crippen LogP contribution is 2.25. The van der Waals surface area contributed by atoms with Gasteiger partial charge in [-0.05, 0) is 11.6 Å². The van der Waals surface area contributed by atoms with E-state index in [-0.39, 0.29) is 0 Å². The van der Waals surface area contributed by atoms with Crippen LogP contribution in [0.1, 0.15) is 22.9 Å². The zero-order chi connectivity index (χ0) is 12.4. The number of aliphatic hydroxyl groups is 1. The van der Waals surface area contributed by atoms with Crippen molar-refractivity contribution >= 4 is 0 Å². The summed E-state index contributed by atoms with van der Waals surface area (Å²) in [6.45, 7) is 2.34. The smallest absolute Gasteiger partial charge is 0.0935 e. The second kappa shape index (κ2) is 4.88. The summed E-state index contributed by atoms with van der Waals surface area (Å²) in [4.78, 5) is 6.59. The first-order valence-electron chi connectivity index (χ1n) is 6.21. The van der Waals surface area contributed by atoms with Gasteiger partial charge in [0, 0.05) is 31.4 Å². The molecule has 0 saturated heterocycles. The van der Waals surface area contributed by atoms with Gasteiger partial charge >= 0.3 is 0 Å². The standard InChI is InChI=1S/C15H16N2O/c18-15-11-17(9-12-5-2-1-3-6-12)10-14-13(15)7-4-8-16-14/h1-8,15,18H,9-11H2. The quantitative estimate of drug-likeness (QED) is 0.873. The van der Waals surface area contributed by atoms with Gasteiger partial charge in [-0.3, -0.25) is 9.88 Å². The van der Waals surface area contributed by atoms with E-state index in [9.17, 15) is 5.11 Å². The van der Waals surface area contributed by atoms with Crippen LogP contribution in [0.4, 0.5) is 0 Å². The van der Waals surface area contributed by atoms with Gasteiger partial charge < -0.3 is 5.11 Å². The Morgan fingerprint density at radius 1 is 1.17 bits per heavy atom. The number of rotatable bonds is 2. The van der Waals surface area contributed by atoms with Crippen LogP contribution in [0.15, 0.2) is 48.7 Å². The molecule has 0 aliphatic carbocycles. The predicted molar refractivity (Wildman–Crippen MR) is 69.8 cm³/mol. The molecule has 0 saturated carbocycles. The third kappa shape index (κ3) is 2.28. The van der Waals surface area contributed by atoms with Gasteiger partial charge in [0.05, 0.1) is 11.8 Å². The Morgan fingerprint density at radius 2 is 2.00 bits per heavy atom. The van der Waals surface area contributed by atoms with E-state index in [0.29, 0.717) is 6.54 Å². The zero-order valence-corrected chi connectivity index (χ0v) is 10.2. The van der Waals surface area contributed by atoms with Gasteiger partial charge in [0.2, 0.25) is 0 Å². The minimum Gasteiger partial charge on any atom is -0.387 e. The summed E-state index contributed by atoms with van der Waals surface area (Å²) in [5.41, 5.74) is 3.23. The molecule has 0 bridgehead atoms. The number of hydrogen-bond acceptors (Lipinski definition) is 3. The molecule has 0 amide bonds. The number of hydrogen-bond donors (Lipinski definition) is 1. The Kier molecular flexibility index (Phi) is 3.09. The van der Waals surface area contributed by atoms with Crippen molar-refractivity contribution in [2.75, 3.05) is 6.54 Å². The summed E-state index contributed by atoms with van der Waals surface area (Å²) in [7, 11) is 0. The van der Waals surface area contributed by atoms with Crippen LogP contribution in [0.25, 0.3) is 0 Å². The van der Waals surface area contributed by atoms with Crippen LogP contribution in [0.2, 0.25) is 0 Å². The number of fused-ring (bicyclic) bond motifs is 1. The Morgan fingerprint density at radius 3 is 2.83 bits per heavy atom. The molecule has 1 aliphatic heterocycles. The molecule has 3 nitrogen and oxygen atoms in total. The highest BCUT2D eigenvalue weighted by Gasteiger charge is 2.23. The van der Waals surface area contributed by atoms with Crippen molar-refractivity contribution in [3.05, 3.63) is 65.5 Å². The molecule has 2 aromatic rings. The first-order chi connectivity index (χ1) is 8.83. The van der Waals surface area contributed by atoms with Gasteiger partial charge in [-0.15, -0.1) is 0 Å². The highest BCUT2D eigenvalue weighted by atomic mass is 16.3. The van der Waals surface area contributed by atoms with Crippen molar-refractivity contribution in [2.45, 2.75) is 19.2 Å². The van der Waals surface area contributed by atoms with Crippen LogP contribution in [0, 0.1) is 0 Å². The number of pyridine rings is 1. The lowest BCUT2D eigenvalue weighted by Crippen LogP contribution is -2.33. The maximum Gasteiger partial charge on any atom is 0.0935 e. The molecular formula is C15H16N2O. The van der Waals surface area contributed by atoms with Crippen molar-refractivity contribution < 1.29 is 5.11 Å². The first kappa shape index (κ1) is 11.4. The lowest BCUT2D eigenvalue weighted by Gasteiger charge is -2.31. The molecule has 0 fully saturated rings. The summed E-state index contributed by atoms with van der Waals surface area (Å²) < 4.78 is 0. The molecule has 18 heavy (non-hydrogen) atoms. The second-order valence-corrected chi connectivity index (χ2v) is 4.71. The largest absolute Gasteiger partial charge is 0.387 e. The fourth-order valence-electron chi connectivity index (χ4n) is 2.47. The normalized spacial score (nSPS) is 19.5. The topological polar surface area (TPSA) is 36.4 Å². The van der Waals surface area contributed by atoms with E-state index >= 15 is 0 Å². The van der Waals surface area contributed by atoms with Crippen molar-refractivity contribution in [3.63, 3.8) is 0 Å². The first-order valence-corrected chi connectivity index (χ1v) is 6.21. The molecule has 1 aromatic carbocycles. The van der Waals surface area contributed by atoms with Crippen molar-refractivity contribution in [3.8, 4) is 0 Å². The number of aromatic nitrogens is 1. The van der Waals surface area contributed by atoms with E-state index in [1.54, 1.807) is 6.20 Å². The molecule has 2 heterocycles. The molecule has 1 aliphatic rings. The monoisotopic (exact) mass is 240 g/mol. The van der Waals surface area contributed by atoms with E-state index in [4.69, 9.17) is 0 Å². The van der Waals surface area contributed by atoms with Crippen LogP contribution in [0.5, 0.6) is 0 Å². The fourth-order valence-corrected chi connectivity index (χ4v) is 2.47. The van der Waals surface area contributed by atoms with Gasteiger partial charge in [-0.2, -0.15) is 0 Å². The maximum atomic E-state index is 10.1. The lowest BCUT2D eigenvalue weighted by atomic mass is 10.0. The minimum atomic E-state index is -0.425. The van der Waals surface area contributed by atoms with Crippen LogP contribution in [0.3, 0.4) is 0 Å². The molecule has 1 unspecified atom stereocenters. The summed E-state index contributed by atoms with van der Waals surface area (Å²) in [5, 5.41) is 10.1. The molecule has 0 spiro atoms. The summed E-state index contributed by atoms with van der Waals surface area (Å²) in [6.07, 6.45) is 1.36. The van der Waals surface area contributed by atoms with Gasteiger partial charge in [0.25, 0.3) is 0 Å². The van der Waals surface area contributed by atoms with Gasteiger partial charge in [-0.1, -0.05) is 36.4 Å². The molecule has 3 heteroatoms. The SMILES string of the molecule is OC1CN(Cc2ccccc2)Cc2ncccc21. The summed E-state index contributed by atoms with van der Waals surface area (Å²) in [5.74, 6) is 0. The van der Waals surface area contributed by atoms with Crippen molar-refractivity contribution in [1.29, 1.82) is 0 Å². The maximum absolute atomic E-state index is 10.1. The molecule has 1 atom stereocenters. The number of aliphatic hydroxyl groups excluding tert-OH is 1. The van der Waals surface area contributed by atoms with Gasteiger partial charge in [-0.25, -0.2) is 0 Å². The van der Waals surface area contributed by atoms with Crippen LogP contribution in [-0.2, 0) is 13.1 Å². The zero-order valence-electron chi connectivity index (χ0n) is 10.2. The number of β-amino-alcohol motifs (C(OH)–C–C–N with tert-alkyl or cyclic N) is 1. The predicted octanol–water partition coefficient (Wildman–Crippen LogP) is 2.13. The second-order valence-electron chi connectivity index (χ2n) is 4.71. The van der Waals surface area contributed by atoms with Gasteiger partial charge in [0.15, 0.2) is 0 Å². The molecule has 92 valence electrons. The third-order valence-corrected chi connectivity index (χ3v) is 3.34. The minimum absolute atomic E-state index is 0.425. The molecular weight excluding hydrogens is 224 g/mol. The Hall–Kier alpha value is -1.71. The average molecular weight is 240 g/mol. The van der Waals surface area contributed by atoms with E-state index in [0.717, 1.165) is 24.3 Å². The Labute approximate surface area is 107 Å². The molecule has 1 N–H and O–H groups in total. The third-order valence-electron chi connectivity index (χ3n) is 3.34. The van der Waals surface area contributed by atoms with E-state index in [1.807, 2.05) is 30.3 Å². The Balaban J connectivity index is 1.78. The Bertz CT molecular complexity index is 527. The van der Waals surface area contributed by atoms with Crippen LogP contribution in [-0.4, -0.2) is 21.5 Å². The van der Waals surface area contributed by atoms with E-state index in [1.165, 1.54) is 5.56 Å². The highest BCUT2D eigenvalue weighted by molar-refractivity contribution is 5.25. The number of benzene rings is 1. The lowest BCUT2D eigenvalue weighted by molar-refractivity contribution is 0.0863. The van der Waals surface area contributed by atoms with Crippen molar-refractivity contribution in [2.24, 2.45) is 0 Å². The fraction of sp³-hybridized carbons (Fsp3) is 0.267. The van der Waals surface area contributed by atoms with E-state index < -0.39 is 6.10 Å². The van der Waals surface area contributed by atoms with Crippen LogP contribution < -0.4 is 0 Å². The van der Waals surface area contributed by atoms with Crippen LogP contribution >= 0.6 is 0 Å². The average Bonchev–Trinajstić information content (AvgIpc) is 2.40. The summed E-state index contributed by atoms with van der Waals surface area (Å²) in [6, 6.07) is 14.2. The molecule has 1 aromatic heterocycles. The van der Waals surface area contributed by atoms with Gasteiger partial charge in [0.1, 0.15) is 0 Å². The summed E-state index contributed by atoms with van der Waals surface area (Å²) >= 11 is 0. The molecule has 0 radical (unpaired) electrons.